The number of aromatic hydroxyl groups is 3. The summed E-state index contributed by atoms with van der Waals surface area (Å²) in [5, 5.41) is 40.3. The number of thioether (sulfide) groups is 4. The van der Waals surface area contributed by atoms with Crippen LogP contribution in [0.5, 0.6) is 17.2 Å². The van der Waals surface area contributed by atoms with Crippen molar-refractivity contribution in [2.75, 3.05) is 18.6 Å². The first kappa shape index (κ1) is 45.0. The fourth-order valence-corrected chi connectivity index (χ4v) is 6.65. The molecule has 0 radical (unpaired) electrons. The number of hydrogen-bond acceptors (Lipinski definition) is 14. The second-order valence-electron chi connectivity index (χ2n) is 9.52. The number of nitrogens with one attached hydrogen (secondary N) is 2. The molecule has 280 valence electrons. The van der Waals surface area contributed by atoms with Gasteiger partial charge >= 0.3 is 0 Å². The number of benzene rings is 3. The fraction of sp³-hybridized carbons (Fsp3) is 0.121. The normalized spacial score (nSPS) is 15.8. The molecular weight excluding hydrogens is 816 g/mol. The number of halogens is 3. The Hall–Kier alpha value is -4.18. The van der Waals surface area contributed by atoms with E-state index in [9.17, 15) is 42.6 Å². The molecule has 0 aliphatic carbocycles. The van der Waals surface area contributed by atoms with Crippen LogP contribution in [-0.4, -0.2) is 76.1 Å². The number of rotatable bonds is 3. The van der Waals surface area contributed by atoms with Crippen LogP contribution in [0.25, 0.3) is 12.2 Å². The van der Waals surface area contributed by atoms with Gasteiger partial charge in [-0.25, -0.2) is 13.2 Å². The van der Waals surface area contributed by atoms with Gasteiger partial charge in [-0.1, -0.05) is 59.7 Å². The summed E-state index contributed by atoms with van der Waals surface area (Å²) in [6, 6.07) is 10.5. The summed E-state index contributed by atoms with van der Waals surface area (Å²) in [6.07, 6.45) is 5.27. The van der Waals surface area contributed by atoms with Gasteiger partial charge in [0.2, 0.25) is 5.91 Å². The summed E-state index contributed by atoms with van der Waals surface area (Å²) in [5.74, 6) is -2.44. The average molecular weight is 844 g/mol. The third-order valence-corrected chi connectivity index (χ3v) is 10.0. The second-order valence-corrected chi connectivity index (χ2v) is 15.0. The molecule has 2 saturated heterocycles. The number of aliphatic hydroxyl groups is 1. The highest BCUT2D eigenvalue weighted by Gasteiger charge is 2.23. The van der Waals surface area contributed by atoms with Gasteiger partial charge in [0.15, 0.2) is 6.29 Å². The van der Waals surface area contributed by atoms with E-state index in [0.29, 0.717) is 46.0 Å². The largest absolute Gasteiger partial charge is 0.507 e. The second kappa shape index (κ2) is 22.8. The van der Waals surface area contributed by atoms with Crippen LogP contribution in [0, 0.1) is 17.5 Å². The molecule has 3 aromatic carbocycles. The molecule has 3 aromatic rings. The summed E-state index contributed by atoms with van der Waals surface area (Å²) in [7, 11) is 0. The Balaban J connectivity index is 0.000000249. The first-order chi connectivity index (χ1) is 25.1. The minimum Gasteiger partial charge on any atom is -0.507 e. The summed E-state index contributed by atoms with van der Waals surface area (Å²) in [4.78, 5) is 47.7. The zero-order valence-corrected chi connectivity index (χ0v) is 32.2. The number of phenolic OH excluding ortho intramolecular Hbond substituents is 3. The molecule has 3 heterocycles. The number of aldehydes is 1. The van der Waals surface area contributed by atoms with Crippen molar-refractivity contribution in [1.29, 1.82) is 0 Å². The van der Waals surface area contributed by atoms with Crippen LogP contribution < -0.4 is 10.6 Å². The third-order valence-electron chi connectivity index (χ3n) is 5.67. The Kier molecular flexibility index (Phi) is 19.3. The maximum atomic E-state index is 12.8. The molecular formula is C33H28F3N3O8S6. The Morgan fingerprint density at radius 3 is 1.58 bits per heavy atom. The van der Waals surface area contributed by atoms with E-state index in [1.165, 1.54) is 77.8 Å². The van der Waals surface area contributed by atoms with Crippen molar-refractivity contribution < 1.29 is 52.8 Å². The van der Waals surface area contributed by atoms with Crippen LogP contribution in [0.15, 0.2) is 69.4 Å². The fourth-order valence-electron chi connectivity index (χ4n) is 3.39. The number of nitrogens with zero attached hydrogens (tertiary/aromatic N) is 1. The minimum absolute atomic E-state index is 0.0231. The number of amides is 3. The molecule has 0 spiro atoms. The van der Waals surface area contributed by atoms with Gasteiger partial charge in [-0.05, 0) is 61.7 Å². The Morgan fingerprint density at radius 1 is 0.792 bits per heavy atom. The molecule has 20 heteroatoms. The molecule has 2 fully saturated rings. The molecule has 0 atom stereocenters. The summed E-state index contributed by atoms with van der Waals surface area (Å²) in [5.41, 5.74) is 0.880. The van der Waals surface area contributed by atoms with Gasteiger partial charge in [-0.2, -0.15) is 4.99 Å². The quantitative estimate of drug-likeness (QED) is 0.0972. The van der Waals surface area contributed by atoms with Crippen LogP contribution in [0.3, 0.4) is 0 Å². The number of phenols is 3. The monoisotopic (exact) mass is 843 g/mol. The van der Waals surface area contributed by atoms with E-state index in [1.807, 2.05) is 6.26 Å². The summed E-state index contributed by atoms with van der Waals surface area (Å²) >= 11 is 14.6. The van der Waals surface area contributed by atoms with Crippen LogP contribution in [-0.2, 0) is 14.4 Å². The van der Waals surface area contributed by atoms with Crippen LogP contribution in [0.1, 0.15) is 28.4 Å². The van der Waals surface area contributed by atoms with E-state index in [1.54, 1.807) is 6.92 Å². The summed E-state index contributed by atoms with van der Waals surface area (Å²) < 4.78 is 39.3. The maximum absolute atomic E-state index is 12.8. The lowest BCUT2D eigenvalue weighted by atomic mass is 10.2. The van der Waals surface area contributed by atoms with E-state index in [4.69, 9.17) is 22.4 Å². The lowest BCUT2D eigenvalue weighted by Crippen LogP contribution is -2.18. The topological polar surface area (TPSA) is 186 Å². The highest BCUT2D eigenvalue weighted by molar-refractivity contribution is 8.41. The van der Waals surface area contributed by atoms with Crippen LogP contribution in [0.2, 0.25) is 0 Å². The predicted octanol–water partition coefficient (Wildman–Crippen LogP) is 6.36. The number of aliphatic hydroxyl groups excluding tert-OH is 1. The van der Waals surface area contributed by atoms with Gasteiger partial charge in [0.25, 0.3) is 11.8 Å². The number of carbonyl (C=O) groups excluding carboxylic acids is 4. The van der Waals surface area contributed by atoms with Crippen molar-refractivity contribution in [1.82, 2.24) is 10.6 Å². The number of hydrogen-bond donors (Lipinski definition) is 6. The highest BCUT2D eigenvalue weighted by Crippen LogP contribution is 2.34. The maximum Gasteiger partial charge on any atom is 0.285 e. The number of carbonyl (C=O) groups is 4. The van der Waals surface area contributed by atoms with E-state index in [-0.39, 0.29) is 47.1 Å². The van der Waals surface area contributed by atoms with Crippen molar-refractivity contribution in [2.24, 2.45) is 4.99 Å². The first-order valence-corrected chi connectivity index (χ1v) is 19.1. The Morgan fingerprint density at radius 2 is 1.26 bits per heavy atom. The number of aliphatic imine (C=N–C) groups is 1. The average Bonchev–Trinajstić information content (AvgIpc) is 3.76. The SMILES string of the molecule is CCO.CSC1=NC(=O)/C(=C/c2ccc(F)cc2O)S1.O=C1CSC(=S)N1.O=C1NC(=S)S/C1=C\c1ccc(F)cc1O.O=Cc1ccc(F)cc1O. The molecule has 6 N–H and O–H groups in total. The zero-order valence-electron chi connectivity index (χ0n) is 27.3. The molecule has 0 saturated carbocycles. The van der Waals surface area contributed by atoms with Crippen molar-refractivity contribution in [2.45, 2.75) is 6.92 Å². The standard InChI is InChI=1S/C11H8FNO2S2.C10H6FNO2S2.C7H5FO2.C3H3NOS2.C2H6O/c1-16-11-13-10(15)9(17-11)4-6-2-3-7(12)5-8(6)14;11-6-2-1-5(7(13)4-6)3-8-9(14)12-10(15)16-8;8-6-2-1-5(4-9)7(10)3-6;5-2-1-7-3(6)4-2;1-2-3/h2-5,14H,1H3;1-4,13H,(H,12,14,15);1-4,10H;1H2,(H,4,5,6);3H,2H2,1H3/b9-4-;8-3-;;;. The van der Waals surface area contributed by atoms with E-state index >= 15 is 0 Å². The lowest BCUT2D eigenvalue weighted by Gasteiger charge is -2.00. The van der Waals surface area contributed by atoms with Gasteiger partial charge < -0.3 is 31.1 Å². The van der Waals surface area contributed by atoms with Crippen molar-refractivity contribution >= 4 is 121 Å². The van der Waals surface area contributed by atoms with Crippen LogP contribution >= 0.6 is 71.5 Å². The molecule has 11 nitrogen and oxygen atoms in total. The van der Waals surface area contributed by atoms with Crippen molar-refractivity contribution in [3.8, 4) is 17.2 Å². The third kappa shape index (κ3) is 15.8. The minimum atomic E-state index is -0.553. The van der Waals surface area contributed by atoms with Crippen molar-refractivity contribution in [3.05, 3.63) is 98.5 Å². The molecule has 0 bridgehead atoms. The number of thiocarbonyl (C=S) groups is 2. The smallest absolute Gasteiger partial charge is 0.285 e. The van der Waals surface area contributed by atoms with Gasteiger partial charge in [0.1, 0.15) is 47.7 Å². The van der Waals surface area contributed by atoms with Crippen LogP contribution in [0.4, 0.5) is 13.2 Å². The van der Waals surface area contributed by atoms with Gasteiger partial charge in [0.05, 0.1) is 21.1 Å². The highest BCUT2D eigenvalue weighted by atomic mass is 32.2. The summed E-state index contributed by atoms with van der Waals surface area (Å²) in [6.45, 7) is 1.93. The Labute approximate surface area is 328 Å². The molecule has 0 unspecified atom stereocenters. The molecule has 3 amide bonds. The molecule has 6 rings (SSSR count). The lowest BCUT2D eigenvalue weighted by molar-refractivity contribution is -0.117. The molecule has 3 aliphatic rings. The van der Waals surface area contributed by atoms with Gasteiger partial charge in [0, 0.05) is 35.9 Å². The van der Waals surface area contributed by atoms with E-state index < -0.39 is 17.5 Å². The van der Waals surface area contributed by atoms with Gasteiger partial charge in [-0.15, -0.1) is 11.8 Å². The predicted molar refractivity (Wildman–Crippen MR) is 213 cm³/mol. The first-order valence-electron chi connectivity index (χ1n) is 14.4. The van der Waals surface area contributed by atoms with Gasteiger partial charge in [-0.3, -0.25) is 19.2 Å². The zero-order chi connectivity index (χ0) is 39.7. The molecule has 53 heavy (non-hydrogen) atoms. The van der Waals surface area contributed by atoms with E-state index in [0.717, 1.165) is 36.0 Å². The molecule has 0 aromatic heterocycles. The molecule has 3 aliphatic heterocycles. The van der Waals surface area contributed by atoms with Crippen molar-refractivity contribution in [3.63, 3.8) is 0 Å². The van der Waals surface area contributed by atoms with E-state index in [2.05, 4.69) is 27.8 Å². The Bertz CT molecular complexity index is 1960.